The summed E-state index contributed by atoms with van der Waals surface area (Å²) in [5, 5.41) is 10.2. The Morgan fingerprint density at radius 2 is 1.65 bits per heavy atom. The zero-order valence-electron chi connectivity index (χ0n) is 8.89. The summed E-state index contributed by atoms with van der Waals surface area (Å²) in [5.74, 6) is 0.204. The molecule has 0 N–H and O–H groups in total. The van der Waals surface area contributed by atoms with Crippen molar-refractivity contribution < 1.29 is 14.5 Å². The molecule has 1 aromatic rings. The van der Waals surface area contributed by atoms with Gasteiger partial charge >= 0.3 is 0 Å². The van der Waals surface area contributed by atoms with Crippen molar-refractivity contribution in [2.75, 3.05) is 0 Å². The molecule has 1 saturated carbocycles. The Bertz CT molecular complexity index is 445. The van der Waals surface area contributed by atoms with E-state index in [0.717, 1.165) is 0 Å². The molecule has 0 spiro atoms. The predicted molar refractivity (Wildman–Crippen MR) is 69.7 cm³/mol. The predicted octanol–water partition coefficient (Wildman–Crippen LogP) is 2.51. The quantitative estimate of drug-likeness (QED) is 0.339. The van der Waals surface area contributed by atoms with Gasteiger partial charge in [0.2, 0.25) is 0 Å². The molecule has 6 heteroatoms. The van der Waals surface area contributed by atoms with Gasteiger partial charge in [0.25, 0.3) is 5.69 Å². The van der Waals surface area contributed by atoms with Crippen LogP contribution in [0, 0.1) is 13.7 Å². The molecule has 1 aromatic carbocycles. The molecule has 5 nitrogen and oxygen atoms in total. The van der Waals surface area contributed by atoms with Gasteiger partial charge in [0.1, 0.15) is 11.6 Å². The first kappa shape index (κ1) is 13.8. The van der Waals surface area contributed by atoms with Crippen molar-refractivity contribution in [1.29, 1.82) is 0 Å². The molecule has 0 radical (unpaired) electrons. The van der Waals surface area contributed by atoms with Crippen molar-refractivity contribution in [2.45, 2.75) is 19.3 Å². The molecule has 2 rings (SSSR count). The van der Waals surface area contributed by atoms with E-state index < -0.39 is 0 Å². The molecular formula is C11H10INO4. The topological polar surface area (TPSA) is 77.3 Å². The van der Waals surface area contributed by atoms with Crippen molar-refractivity contribution in [2.24, 2.45) is 0 Å². The average Bonchev–Trinajstić information content (AvgIpc) is 2.63. The number of benzene rings is 1. The fraction of sp³-hybridized carbons (Fsp3) is 0.273. The number of hydrogen-bond acceptors (Lipinski definition) is 4. The first-order valence-corrected chi connectivity index (χ1v) is 6.01. The summed E-state index contributed by atoms with van der Waals surface area (Å²) in [6, 6.07) is 6.62. The van der Waals surface area contributed by atoms with Crippen LogP contribution in [0.15, 0.2) is 24.3 Å². The highest BCUT2D eigenvalue weighted by molar-refractivity contribution is 14.1. The molecule has 0 saturated heterocycles. The Kier molecular flexibility index (Phi) is 5.20. The largest absolute Gasteiger partial charge is 0.299 e. The van der Waals surface area contributed by atoms with Gasteiger partial charge in [0.05, 0.1) is 14.9 Å². The minimum Gasteiger partial charge on any atom is -0.299 e. The van der Waals surface area contributed by atoms with Gasteiger partial charge in [-0.3, -0.25) is 19.7 Å². The molecular weight excluding hydrogens is 337 g/mol. The number of carbonyl (C=O) groups excluding carboxylic acids is 2. The van der Waals surface area contributed by atoms with Crippen LogP contribution >= 0.6 is 22.6 Å². The van der Waals surface area contributed by atoms with Crippen molar-refractivity contribution in [3.63, 3.8) is 0 Å². The number of carbonyl (C=O) groups is 2. The maximum Gasteiger partial charge on any atom is 0.282 e. The van der Waals surface area contributed by atoms with E-state index in [-0.39, 0.29) is 28.6 Å². The summed E-state index contributed by atoms with van der Waals surface area (Å²) < 4.78 is 0.671. The minimum atomic E-state index is -0.387. The maximum atomic E-state index is 10.2. The third kappa shape index (κ3) is 4.59. The van der Waals surface area contributed by atoms with Crippen molar-refractivity contribution in [1.82, 2.24) is 0 Å². The lowest BCUT2D eigenvalue weighted by Gasteiger charge is -1.91. The van der Waals surface area contributed by atoms with Gasteiger partial charge in [-0.2, -0.15) is 0 Å². The summed E-state index contributed by atoms with van der Waals surface area (Å²) in [6.45, 7) is 0. The van der Waals surface area contributed by atoms with E-state index in [2.05, 4.69) is 0 Å². The van der Waals surface area contributed by atoms with E-state index in [1.165, 1.54) is 6.07 Å². The number of nitro groups is 1. The number of halogens is 1. The van der Waals surface area contributed by atoms with Gasteiger partial charge in [-0.1, -0.05) is 12.1 Å². The van der Waals surface area contributed by atoms with E-state index in [1.807, 2.05) is 22.6 Å². The van der Waals surface area contributed by atoms with Crippen LogP contribution in [-0.2, 0) is 9.59 Å². The number of ketones is 2. The monoisotopic (exact) mass is 347 g/mol. The third-order valence-electron chi connectivity index (χ3n) is 2.13. The molecule has 0 bridgehead atoms. The summed E-state index contributed by atoms with van der Waals surface area (Å²) in [7, 11) is 0. The number of nitro benzene ring substituents is 1. The number of rotatable bonds is 1. The van der Waals surface area contributed by atoms with E-state index in [0.29, 0.717) is 16.4 Å². The summed E-state index contributed by atoms with van der Waals surface area (Å²) in [6.07, 6.45) is 1.16. The second-order valence-corrected chi connectivity index (χ2v) is 4.62. The zero-order valence-corrected chi connectivity index (χ0v) is 11.0. The molecule has 0 heterocycles. The van der Waals surface area contributed by atoms with Gasteiger partial charge in [-0.25, -0.2) is 0 Å². The number of hydrogen-bond donors (Lipinski definition) is 0. The van der Waals surface area contributed by atoms with Crippen LogP contribution in [0.4, 0.5) is 5.69 Å². The molecule has 17 heavy (non-hydrogen) atoms. The Hall–Kier alpha value is -1.31. The zero-order chi connectivity index (χ0) is 12.8. The first-order chi connectivity index (χ1) is 8.00. The number of nitrogens with zero attached hydrogens (tertiary/aromatic N) is 1. The number of Topliss-reactive ketones (excluding diaryl/α,β-unsaturated/α-hetero) is 2. The molecule has 0 aliphatic heterocycles. The van der Waals surface area contributed by atoms with E-state index in [1.54, 1.807) is 18.2 Å². The van der Waals surface area contributed by atoms with Crippen molar-refractivity contribution in [3.8, 4) is 0 Å². The molecule has 1 aliphatic carbocycles. The molecule has 1 aliphatic rings. The summed E-state index contributed by atoms with van der Waals surface area (Å²) >= 11 is 1.93. The summed E-state index contributed by atoms with van der Waals surface area (Å²) in [5.41, 5.74) is 0.170. The van der Waals surface area contributed by atoms with Crippen LogP contribution in [0.5, 0.6) is 0 Å². The SMILES string of the molecule is O=C1CCC(=O)C1.O=[N+]([O-])c1ccccc1I. The molecule has 0 aromatic heterocycles. The van der Waals surface area contributed by atoms with E-state index in [4.69, 9.17) is 0 Å². The van der Waals surface area contributed by atoms with Crippen LogP contribution in [-0.4, -0.2) is 16.5 Å². The van der Waals surface area contributed by atoms with Crippen LogP contribution in [0.1, 0.15) is 19.3 Å². The average molecular weight is 347 g/mol. The first-order valence-electron chi connectivity index (χ1n) is 4.93. The number of para-hydroxylation sites is 1. The third-order valence-corrected chi connectivity index (χ3v) is 3.04. The second-order valence-electron chi connectivity index (χ2n) is 3.46. The van der Waals surface area contributed by atoms with Crippen LogP contribution < -0.4 is 0 Å². The van der Waals surface area contributed by atoms with Gasteiger partial charge in [0.15, 0.2) is 0 Å². The second kappa shape index (κ2) is 6.43. The fourth-order valence-electron chi connectivity index (χ4n) is 1.28. The van der Waals surface area contributed by atoms with Crippen molar-refractivity contribution in [3.05, 3.63) is 37.9 Å². The summed E-state index contributed by atoms with van der Waals surface area (Å²) in [4.78, 5) is 30.3. The highest BCUT2D eigenvalue weighted by atomic mass is 127. The standard InChI is InChI=1S/C6H4INO2.C5H6O2/c7-5-3-1-2-4-6(5)8(9)10;6-4-1-2-5(7)3-4/h1-4H;1-3H2. The lowest BCUT2D eigenvalue weighted by Crippen LogP contribution is -1.89. The van der Waals surface area contributed by atoms with Gasteiger partial charge in [-0.05, 0) is 28.7 Å². The highest BCUT2D eigenvalue weighted by Crippen LogP contribution is 2.18. The van der Waals surface area contributed by atoms with Gasteiger partial charge in [-0.15, -0.1) is 0 Å². The smallest absolute Gasteiger partial charge is 0.282 e. The van der Waals surface area contributed by atoms with Crippen LogP contribution in [0.3, 0.4) is 0 Å². The van der Waals surface area contributed by atoms with E-state index in [9.17, 15) is 19.7 Å². The van der Waals surface area contributed by atoms with Crippen molar-refractivity contribution >= 4 is 39.8 Å². The molecule has 0 unspecified atom stereocenters. The Morgan fingerprint density at radius 3 is 1.94 bits per heavy atom. The fourth-order valence-corrected chi connectivity index (χ4v) is 1.86. The Balaban J connectivity index is 0.000000181. The minimum absolute atomic E-state index is 0.102. The van der Waals surface area contributed by atoms with E-state index >= 15 is 0 Å². The van der Waals surface area contributed by atoms with Gasteiger partial charge < -0.3 is 0 Å². The van der Waals surface area contributed by atoms with Crippen LogP contribution in [0.25, 0.3) is 0 Å². The lowest BCUT2D eigenvalue weighted by atomic mass is 10.3. The molecule has 0 atom stereocenters. The normalized spacial score (nSPS) is 14.2. The van der Waals surface area contributed by atoms with Gasteiger partial charge in [0, 0.05) is 18.9 Å². The van der Waals surface area contributed by atoms with Crippen LogP contribution in [0.2, 0.25) is 0 Å². The Morgan fingerprint density at radius 1 is 1.12 bits per heavy atom. The molecule has 1 fully saturated rings. The molecule has 90 valence electrons. The Labute approximate surface area is 111 Å². The maximum absolute atomic E-state index is 10.2. The highest BCUT2D eigenvalue weighted by Gasteiger charge is 2.17. The molecule has 0 amide bonds. The lowest BCUT2D eigenvalue weighted by molar-refractivity contribution is -0.385.